The van der Waals surface area contributed by atoms with Gasteiger partial charge in [0.1, 0.15) is 11.5 Å². The maximum Gasteiger partial charge on any atom is 0.155 e. The topological polar surface area (TPSA) is 44.5 Å². The van der Waals surface area contributed by atoms with Crippen LogP contribution in [0.3, 0.4) is 0 Å². The molecule has 2 N–H and O–H groups in total. The van der Waals surface area contributed by atoms with E-state index in [1.165, 1.54) is 0 Å². The summed E-state index contributed by atoms with van der Waals surface area (Å²) in [6, 6.07) is 18.2. The highest BCUT2D eigenvalue weighted by atomic mass is 79.9. The molecule has 0 spiro atoms. The van der Waals surface area contributed by atoms with Gasteiger partial charge in [0.25, 0.3) is 0 Å². The fourth-order valence-corrected chi connectivity index (χ4v) is 4.13. The number of anilines is 1. The largest absolute Gasteiger partial charge is 0.497 e. The lowest BCUT2D eigenvalue weighted by Crippen LogP contribution is -2.26. The summed E-state index contributed by atoms with van der Waals surface area (Å²) in [4.78, 5) is 0. The molecule has 0 bridgehead atoms. The van der Waals surface area contributed by atoms with Gasteiger partial charge in [0.15, 0.2) is 5.75 Å². The van der Waals surface area contributed by atoms with Crippen LogP contribution in [0, 0.1) is 0 Å². The smallest absolute Gasteiger partial charge is 0.155 e. The molecule has 0 atom stereocenters. The normalized spacial score (nSPS) is 14.2. The van der Waals surface area contributed by atoms with Gasteiger partial charge in [-0.3, -0.25) is 0 Å². The van der Waals surface area contributed by atoms with Crippen molar-refractivity contribution in [2.75, 3.05) is 12.8 Å². The zero-order chi connectivity index (χ0) is 18.5. The van der Waals surface area contributed by atoms with Gasteiger partial charge in [-0.2, -0.15) is 0 Å². The number of methoxy groups -OCH3 is 1. The fraction of sp³-hybridized carbons (Fsp3) is 0.182. The molecule has 0 saturated heterocycles. The highest BCUT2D eigenvalue weighted by Gasteiger charge is 2.38. The first kappa shape index (κ1) is 17.0. The number of ether oxygens (including phenoxy) is 2. The van der Waals surface area contributed by atoms with Crippen molar-refractivity contribution >= 4 is 21.6 Å². The zero-order valence-corrected chi connectivity index (χ0v) is 16.6. The Morgan fingerprint density at radius 2 is 1.69 bits per heavy atom. The molecule has 132 valence electrons. The monoisotopic (exact) mass is 409 g/mol. The molecular formula is C22H20BrNO2. The minimum Gasteiger partial charge on any atom is -0.497 e. The van der Waals surface area contributed by atoms with Gasteiger partial charge in [0.05, 0.1) is 17.3 Å². The highest BCUT2D eigenvalue weighted by molar-refractivity contribution is 9.10. The second-order valence-electron chi connectivity index (χ2n) is 6.98. The van der Waals surface area contributed by atoms with Crippen LogP contribution in [0.5, 0.6) is 17.2 Å². The summed E-state index contributed by atoms with van der Waals surface area (Å²) in [7, 11) is 1.67. The van der Waals surface area contributed by atoms with Crippen LogP contribution in [0.2, 0.25) is 0 Å². The van der Waals surface area contributed by atoms with Crippen molar-refractivity contribution in [2.24, 2.45) is 0 Å². The SMILES string of the molecule is COc1ccc(-c2ccc(N)c3c2C(C)(C)c2cccc(Br)c2O3)cc1. The predicted octanol–water partition coefficient (Wildman–Crippen LogP) is 6.14. The van der Waals surface area contributed by atoms with Crippen molar-refractivity contribution in [3.8, 4) is 28.4 Å². The fourth-order valence-electron chi connectivity index (χ4n) is 3.68. The van der Waals surface area contributed by atoms with Crippen molar-refractivity contribution < 1.29 is 9.47 Å². The van der Waals surface area contributed by atoms with Gasteiger partial charge in [0.2, 0.25) is 0 Å². The van der Waals surface area contributed by atoms with E-state index in [1.807, 2.05) is 30.3 Å². The Labute approximate surface area is 161 Å². The van der Waals surface area contributed by atoms with E-state index in [1.54, 1.807) is 7.11 Å². The van der Waals surface area contributed by atoms with Crippen LogP contribution in [0.4, 0.5) is 5.69 Å². The predicted molar refractivity (Wildman–Crippen MR) is 109 cm³/mol. The average Bonchev–Trinajstić information content (AvgIpc) is 2.64. The lowest BCUT2D eigenvalue weighted by atomic mass is 9.72. The van der Waals surface area contributed by atoms with E-state index in [2.05, 4.69) is 54.0 Å². The van der Waals surface area contributed by atoms with Gasteiger partial charge in [-0.1, -0.05) is 44.2 Å². The number of rotatable bonds is 2. The summed E-state index contributed by atoms with van der Waals surface area (Å²) in [6.07, 6.45) is 0. The summed E-state index contributed by atoms with van der Waals surface area (Å²) in [6.45, 7) is 4.43. The average molecular weight is 410 g/mol. The lowest BCUT2D eigenvalue weighted by molar-refractivity contribution is 0.415. The number of fused-ring (bicyclic) bond motifs is 2. The van der Waals surface area contributed by atoms with Crippen molar-refractivity contribution in [1.82, 2.24) is 0 Å². The number of hydrogen-bond acceptors (Lipinski definition) is 3. The molecule has 4 rings (SSSR count). The third-order valence-electron chi connectivity index (χ3n) is 5.06. The lowest BCUT2D eigenvalue weighted by Gasteiger charge is -2.37. The van der Waals surface area contributed by atoms with E-state index >= 15 is 0 Å². The van der Waals surface area contributed by atoms with Crippen LogP contribution < -0.4 is 15.2 Å². The van der Waals surface area contributed by atoms with E-state index < -0.39 is 0 Å². The van der Waals surface area contributed by atoms with Crippen molar-refractivity contribution in [3.63, 3.8) is 0 Å². The number of nitrogen functional groups attached to an aromatic ring is 1. The molecule has 0 aliphatic carbocycles. The molecule has 0 saturated carbocycles. The molecular weight excluding hydrogens is 390 g/mol. The second-order valence-corrected chi connectivity index (χ2v) is 7.83. The minimum absolute atomic E-state index is 0.253. The quantitative estimate of drug-likeness (QED) is 0.517. The first-order valence-electron chi connectivity index (χ1n) is 8.47. The Morgan fingerprint density at radius 3 is 2.38 bits per heavy atom. The third-order valence-corrected chi connectivity index (χ3v) is 5.68. The van der Waals surface area contributed by atoms with Crippen molar-refractivity contribution in [1.29, 1.82) is 0 Å². The highest BCUT2D eigenvalue weighted by Crippen LogP contribution is 2.54. The van der Waals surface area contributed by atoms with Crippen LogP contribution >= 0.6 is 15.9 Å². The molecule has 4 heteroatoms. The first-order chi connectivity index (χ1) is 12.4. The van der Waals surface area contributed by atoms with Gasteiger partial charge in [-0.15, -0.1) is 0 Å². The number of para-hydroxylation sites is 1. The van der Waals surface area contributed by atoms with Crippen molar-refractivity contribution in [2.45, 2.75) is 19.3 Å². The van der Waals surface area contributed by atoms with Crippen LogP contribution in [0.25, 0.3) is 11.1 Å². The van der Waals surface area contributed by atoms with E-state index in [-0.39, 0.29) is 5.41 Å². The van der Waals surface area contributed by atoms with Gasteiger partial charge in [-0.05, 0) is 51.3 Å². The molecule has 3 nitrogen and oxygen atoms in total. The molecule has 3 aromatic carbocycles. The second kappa shape index (κ2) is 6.06. The summed E-state index contributed by atoms with van der Waals surface area (Å²) in [5, 5.41) is 0. The van der Waals surface area contributed by atoms with Crippen LogP contribution in [-0.4, -0.2) is 7.11 Å². The Bertz CT molecular complexity index is 994. The number of benzene rings is 3. The number of halogens is 1. The molecule has 0 fully saturated rings. The molecule has 1 aliphatic rings. The maximum absolute atomic E-state index is 6.30. The van der Waals surface area contributed by atoms with Gasteiger partial charge in [-0.25, -0.2) is 0 Å². The Morgan fingerprint density at radius 1 is 0.962 bits per heavy atom. The first-order valence-corrected chi connectivity index (χ1v) is 9.27. The molecule has 3 aromatic rings. The van der Waals surface area contributed by atoms with Gasteiger partial charge < -0.3 is 15.2 Å². The number of hydrogen-bond donors (Lipinski definition) is 1. The third kappa shape index (κ3) is 2.48. The molecule has 1 heterocycles. The maximum atomic E-state index is 6.30. The van der Waals surface area contributed by atoms with E-state index in [0.29, 0.717) is 5.69 Å². The molecule has 0 aromatic heterocycles. The summed E-state index contributed by atoms with van der Waals surface area (Å²) >= 11 is 3.61. The molecule has 0 unspecified atom stereocenters. The zero-order valence-electron chi connectivity index (χ0n) is 15.0. The Kier molecular flexibility index (Phi) is 3.96. The Balaban J connectivity index is 1.97. The molecule has 26 heavy (non-hydrogen) atoms. The van der Waals surface area contributed by atoms with E-state index in [9.17, 15) is 0 Å². The van der Waals surface area contributed by atoms with E-state index in [0.717, 1.165) is 44.0 Å². The number of nitrogens with two attached hydrogens (primary N) is 1. The standard InChI is InChI=1S/C22H20BrNO2/c1-22(2)16-5-4-6-17(23)20(16)26-21-18(24)12-11-15(19(21)22)13-7-9-14(25-3)10-8-13/h4-12H,24H2,1-3H3. The molecule has 0 radical (unpaired) electrons. The summed E-state index contributed by atoms with van der Waals surface area (Å²) in [5.41, 5.74) is 11.2. The van der Waals surface area contributed by atoms with Gasteiger partial charge in [0, 0.05) is 16.5 Å². The van der Waals surface area contributed by atoms with E-state index in [4.69, 9.17) is 15.2 Å². The minimum atomic E-state index is -0.253. The van der Waals surface area contributed by atoms with Crippen LogP contribution in [-0.2, 0) is 5.41 Å². The van der Waals surface area contributed by atoms with Crippen LogP contribution in [0.1, 0.15) is 25.0 Å². The molecule has 0 amide bonds. The summed E-state index contributed by atoms with van der Waals surface area (Å²) < 4.78 is 12.5. The summed E-state index contributed by atoms with van der Waals surface area (Å²) in [5.74, 6) is 2.41. The van der Waals surface area contributed by atoms with Gasteiger partial charge >= 0.3 is 0 Å². The van der Waals surface area contributed by atoms with Crippen LogP contribution in [0.15, 0.2) is 59.1 Å². The molecule has 1 aliphatic heterocycles. The van der Waals surface area contributed by atoms with Crippen molar-refractivity contribution in [3.05, 3.63) is 70.2 Å². The Hall–Kier alpha value is -2.46.